The first-order valence-corrected chi connectivity index (χ1v) is 14.9. The van der Waals surface area contributed by atoms with Gasteiger partial charge in [-0.3, -0.25) is 19.9 Å². The van der Waals surface area contributed by atoms with Crippen LogP contribution in [0.25, 0.3) is 0 Å². The molecule has 2 aliphatic rings. The molecule has 0 saturated carbocycles. The summed E-state index contributed by atoms with van der Waals surface area (Å²) in [5.41, 5.74) is 6.45. The summed E-state index contributed by atoms with van der Waals surface area (Å²) in [5.74, 6) is -3.08. The van der Waals surface area contributed by atoms with E-state index in [0.717, 1.165) is 32.5 Å². The van der Waals surface area contributed by atoms with E-state index in [1.165, 1.54) is 11.1 Å². The molecular weight excluding hydrogens is 528 g/mol. The topological polar surface area (TPSA) is 129 Å². The van der Waals surface area contributed by atoms with Crippen molar-refractivity contribution in [3.63, 3.8) is 0 Å². The Hall–Kier alpha value is -3.59. The summed E-state index contributed by atoms with van der Waals surface area (Å²) in [5, 5.41) is 24.4. The minimum Gasteiger partial charge on any atom is -0.481 e. The summed E-state index contributed by atoms with van der Waals surface area (Å²) in [6, 6.07) is 26.1. The van der Waals surface area contributed by atoms with Gasteiger partial charge in [-0.25, -0.2) is 0 Å². The molecule has 222 valence electrons. The SMILES string of the molecule is CC1NC(N)C(C)(C(=O)O)C(c2ccccn2)C1(CCCN1CCC(c2ccccc2)(c2ccccc2)CC1)C(=O)O. The zero-order valence-corrected chi connectivity index (χ0v) is 24.4. The number of benzene rings is 2. The highest BCUT2D eigenvalue weighted by molar-refractivity contribution is 5.83. The van der Waals surface area contributed by atoms with Crippen LogP contribution < -0.4 is 11.1 Å². The van der Waals surface area contributed by atoms with Gasteiger partial charge >= 0.3 is 11.9 Å². The minimum atomic E-state index is -1.57. The molecule has 0 bridgehead atoms. The van der Waals surface area contributed by atoms with Gasteiger partial charge in [-0.05, 0) is 82.4 Å². The van der Waals surface area contributed by atoms with E-state index in [0.29, 0.717) is 18.5 Å². The molecule has 3 heterocycles. The molecule has 3 aromatic rings. The smallest absolute Gasteiger partial charge is 0.313 e. The van der Waals surface area contributed by atoms with E-state index in [1.54, 1.807) is 38.2 Å². The predicted octanol–water partition coefficient (Wildman–Crippen LogP) is 4.47. The molecule has 0 radical (unpaired) electrons. The number of nitrogens with zero attached hydrogens (tertiary/aromatic N) is 2. The average Bonchev–Trinajstić information content (AvgIpc) is 3.01. The van der Waals surface area contributed by atoms with Gasteiger partial charge in [0.2, 0.25) is 0 Å². The molecule has 5 rings (SSSR count). The van der Waals surface area contributed by atoms with Crippen LogP contribution >= 0.6 is 0 Å². The lowest BCUT2D eigenvalue weighted by atomic mass is 9.53. The van der Waals surface area contributed by atoms with Gasteiger partial charge < -0.3 is 20.8 Å². The Morgan fingerprint density at radius 3 is 2.00 bits per heavy atom. The van der Waals surface area contributed by atoms with E-state index in [4.69, 9.17) is 5.73 Å². The lowest BCUT2D eigenvalue weighted by molar-refractivity contribution is -0.172. The normalized spacial score (nSPS) is 29.5. The highest BCUT2D eigenvalue weighted by atomic mass is 16.4. The van der Waals surface area contributed by atoms with Crippen LogP contribution in [0.15, 0.2) is 85.1 Å². The average molecular weight is 571 g/mol. The largest absolute Gasteiger partial charge is 0.481 e. The van der Waals surface area contributed by atoms with Gasteiger partial charge in [0.1, 0.15) is 5.41 Å². The van der Waals surface area contributed by atoms with Gasteiger partial charge in [-0.2, -0.15) is 0 Å². The van der Waals surface area contributed by atoms with Gasteiger partial charge in [0.25, 0.3) is 0 Å². The highest BCUT2D eigenvalue weighted by Crippen LogP contribution is 2.56. The van der Waals surface area contributed by atoms with Crippen molar-refractivity contribution in [1.29, 1.82) is 0 Å². The molecule has 8 heteroatoms. The Morgan fingerprint density at radius 1 is 0.929 bits per heavy atom. The van der Waals surface area contributed by atoms with Crippen LogP contribution in [0, 0.1) is 10.8 Å². The predicted molar refractivity (Wildman–Crippen MR) is 162 cm³/mol. The number of likely N-dealkylation sites (tertiary alicyclic amines) is 1. The minimum absolute atomic E-state index is 0.0629. The van der Waals surface area contributed by atoms with Crippen LogP contribution in [0.4, 0.5) is 0 Å². The molecule has 2 fully saturated rings. The molecule has 0 spiro atoms. The van der Waals surface area contributed by atoms with Crippen LogP contribution in [-0.2, 0) is 15.0 Å². The number of hydrogen-bond acceptors (Lipinski definition) is 6. The maximum absolute atomic E-state index is 13.3. The molecule has 5 N–H and O–H groups in total. The van der Waals surface area contributed by atoms with Crippen molar-refractivity contribution in [2.75, 3.05) is 19.6 Å². The fraction of sp³-hybridized carbons (Fsp3) is 0.441. The van der Waals surface area contributed by atoms with Crippen molar-refractivity contribution < 1.29 is 19.8 Å². The number of carboxylic acids is 2. The second-order valence-electron chi connectivity index (χ2n) is 12.2. The molecular formula is C34H42N4O4. The Morgan fingerprint density at radius 2 is 1.50 bits per heavy atom. The van der Waals surface area contributed by atoms with Crippen LogP contribution in [0.2, 0.25) is 0 Å². The van der Waals surface area contributed by atoms with Gasteiger partial charge in [0.05, 0.1) is 11.6 Å². The lowest BCUT2D eigenvalue weighted by Crippen LogP contribution is -2.72. The first-order valence-electron chi connectivity index (χ1n) is 14.9. The molecule has 2 aliphatic heterocycles. The summed E-state index contributed by atoms with van der Waals surface area (Å²) in [6.45, 7) is 5.86. The third kappa shape index (κ3) is 5.02. The molecule has 5 unspecified atom stereocenters. The molecule has 5 atom stereocenters. The van der Waals surface area contributed by atoms with Crippen molar-refractivity contribution in [3.05, 3.63) is 102 Å². The van der Waals surface area contributed by atoms with E-state index in [-0.39, 0.29) is 5.41 Å². The third-order valence-corrected chi connectivity index (χ3v) is 10.2. The Bertz CT molecular complexity index is 1320. The van der Waals surface area contributed by atoms with Gasteiger partial charge in [-0.15, -0.1) is 0 Å². The molecule has 42 heavy (non-hydrogen) atoms. The summed E-state index contributed by atoms with van der Waals surface area (Å²) < 4.78 is 0. The van der Waals surface area contributed by atoms with Crippen LogP contribution in [0.3, 0.4) is 0 Å². The van der Waals surface area contributed by atoms with Crippen LogP contribution in [0.5, 0.6) is 0 Å². The van der Waals surface area contributed by atoms with E-state index in [2.05, 4.69) is 75.9 Å². The number of piperidine rings is 2. The quantitative estimate of drug-likeness (QED) is 0.297. The number of rotatable bonds is 9. The number of nitrogens with two attached hydrogens (primary N) is 1. The Kier molecular flexibility index (Phi) is 8.51. The number of aliphatic carboxylic acids is 2. The van der Waals surface area contributed by atoms with E-state index < -0.39 is 40.9 Å². The van der Waals surface area contributed by atoms with E-state index in [9.17, 15) is 19.8 Å². The van der Waals surface area contributed by atoms with Gasteiger partial charge in [-0.1, -0.05) is 66.7 Å². The first kappa shape index (κ1) is 29.9. The summed E-state index contributed by atoms with van der Waals surface area (Å²) in [7, 11) is 0. The van der Waals surface area contributed by atoms with Gasteiger partial charge in [0, 0.05) is 29.3 Å². The number of aromatic nitrogens is 1. The number of carbonyl (C=O) groups is 2. The zero-order chi connectivity index (χ0) is 30.0. The van der Waals surface area contributed by atoms with E-state index in [1.807, 2.05) is 0 Å². The fourth-order valence-corrected chi connectivity index (χ4v) is 7.72. The summed E-state index contributed by atoms with van der Waals surface area (Å²) in [6.07, 6.45) is 3.48. The second-order valence-corrected chi connectivity index (χ2v) is 12.2. The summed E-state index contributed by atoms with van der Waals surface area (Å²) >= 11 is 0. The lowest BCUT2D eigenvalue weighted by Gasteiger charge is -2.55. The van der Waals surface area contributed by atoms with Crippen molar-refractivity contribution in [3.8, 4) is 0 Å². The molecule has 2 saturated heterocycles. The number of hydrogen-bond donors (Lipinski definition) is 4. The highest BCUT2D eigenvalue weighted by Gasteiger charge is 2.65. The standard InChI is InChI=1S/C34H42N4O4/c1-24-34(31(41)42,28(27-16-9-10-20-36-27)32(2,30(39)40)29(35)37-24)17-11-21-38-22-18-33(19-23-38,25-12-5-3-6-13-25)26-14-7-4-8-15-26/h3-10,12-16,20,24,28-29,37H,11,17-19,21-23,35H2,1-2H3,(H,39,40)(H,41,42). The number of pyridine rings is 1. The van der Waals surface area contributed by atoms with Crippen molar-refractivity contribution in [2.24, 2.45) is 16.6 Å². The molecule has 0 aliphatic carbocycles. The van der Waals surface area contributed by atoms with Crippen molar-refractivity contribution in [1.82, 2.24) is 15.2 Å². The van der Waals surface area contributed by atoms with Crippen molar-refractivity contribution >= 4 is 11.9 Å². The summed E-state index contributed by atoms with van der Waals surface area (Å²) in [4.78, 5) is 32.9. The van der Waals surface area contributed by atoms with Crippen LogP contribution in [0.1, 0.15) is 62.3 Å². The second kappa shape index (κ2) is 12.0. The maximum Gasteiger partial charge on any atom is 0.313 e. The molecule has 0 amide bonds. The van der Waals surface area contributed by atoms with Gasteiger partial charge in [0.15, 0.2) is 0 Å². The molecule has 1 aromatic heterocycles. The maximum atomic E-state index is 13.3. The van der Waals surface area contributed by atoms with E-state index >= 15 is 0 Å². The third-order valence-electron chi connectivity index (χ3n) is 10.2. The Labute approximate surface area is 248 Å². The molecule has 2 aromatic carbocycles. The number of nitrogens with one attached hydrogen (secondary N) is 1. The number of carboxylic acid groups (broad SMARTS) is 2. The Balaban J connectivity index is 1.38. The monoisotopic (exact) mass is 570 g/mol. The van der Waals surface area contributed by atoms with Crippen molar-refractivity contribution in [2.45, 2.75) is 63.1 Å². The molecule has 8 nitrogen and oxygen atoms in total. The zero-order valence-electron chi connectivity index (χ0n) is 24.4. The first-order chi connectivity index (χ1) is 20.2. The van der Waals surface area contributed by atoms with Crippen LogP contribution in [-0.4, -0.2) is 63.9 Å². The fourth-order valence-electron chi connectivity index (χ4n) is 7.72.